The highest BCUT2D eigenvalue weighted by molar-refractivity contribution is 5.74. The van der Waals surface area contributed by atoms with Crippen LogP contribution in [0.1, 0.15) is 5.82 Å². The highest BCUT2D eigenvalue weighted by Gasteiger charge is 2.13. The number of nitrogens with zero attached hydrogens (tertiary/aromatic N) is 3. The summed E-state index contributed by atoms with van der Waals surface area (Å²) in [5, 5.41) is 0. The molecule has 0 radical (unpaired) electrons. The smallest absolute Gasteiger partial charge is 0.164 e. The van der Waals surface area contributed by atoms with Crippen LogP contribution in [0.4, 0.5) is 4.39 Å². The van der Waals surface area contributed by atoms with E-state index in [0.717, 1.165) is 17.0 Å². The molecule has 0 fully saturated rings. The predicted octanol–water partition coefficient (Wildman–Crippen LogP) is 2.04. The third-order valence-corrected chi connectivity index (χ3v) is 2.94. The van der Waals surface area contributed by atoms with E-state index in [4.69, 9.17) is 5.73 Å². The average molecular weight is 256 g/mol. The summed E-state index contributed by atoms with van der Waals surface area (Å²) < 4.78 is 15.2. The Bertz CT molecular complexity index is 720. The zero-order valence-electron chi connectivity index (χ0n) is 10.3. The van der Waals surface area contributed by atoms with Crippen LogP contribution in [-0.4, -0.2) is 20.9 Å². The normalized spacial score (nSPS) is 11.1. The van der Waals surface area contributed by atoms with E-state index in [1.54, 1.807) is 12.3 Å². The molecule has 0 aliphatic carbocycles. The lowest BCUT2D eigenvalue weighted by molar-refractivity contribution is 0.628. The Balaban J connectivity index is 2.23. The van der Waals surface area contributed by atoms with Crippen molar-refractivity contribution in [3.05, 3.63) is 54.4 Å². The Morgan fingerprint density at radius 3 is 2.95 bits per heavy atom. The molecule has 0 saturated heterocycles. The molecule has 0 aliphatic rings. The summed E-state index contributed by atoms with van der Waals surface area (Å²) >= 11 is 0. The van der Waals surface area contributed by atoms with Gasteiger partial charge in [0.2, 0.25) is 0 Å². The summed E-state index contributed by atoms with van der Waals surface area (Å²) in [6, 6.07) is 8.21. The van der Waals surface area contributed by atoms with E-state index in [2.05, 4.69) is 9.97 Å². The molecule has 2 aromatic heterocycles. The molecule has 2 N–H and O–H groups in total. The van der Waals surface area contributed by atoms with Crippen LogP contribution in [0.25, 0.3) is 16.9 Å². The molecule has 0 aliphatic heterocycles. The second-order valence-electron chi connectivity index (χ2n) is 4.24. The molecule has 1 aromatic carbocycles. The van der Waals surface area contributed by atoms with Gasteiger partial charge in [0.1, 0.15) is 17.3 Å². The highest BCUT2D eigenvalue weighted by atomic mass is 19.1. The second kappa shape index (κ2) is 4.78. The fourth-order valence-electron chi connectivity index (χ4n) is 2.12. The molecule has 0 bridgehead atoms. The maximum absolute atomic E-state index is 13.3. The monoisotopic (exact) mass is 256 g/mol. The van der Waals surface area contributed by atoms with Crippen molar-refractivity contribution in [3.63, 3.8) is 0 Å². The van der Waals surface area contributed by atoms with Gasteiger partial charge in [-0.15, -0.1) is 0 Å². The zero-order valence-corrected chi connectivity index (χ0v) is 10.3. The molecule has 96 valence electrons. The van der Waals surface area contributed by atoms with Crippen molar-refractivity contribution in [2.45, 2.75) is 6.42 Å². The van der Waals surface area contributed by atoms with Gasteiger partial charge in [-0.2, -0.15) is 0 Å². The van der Waals surface area contributed by atoms with Gasteiger partial charge in [-0.1, -0.05) is 12.1 Å². The van der Waals surface area contributed by atoms with Crippen molar-refractivity contribution in [1.29, 1.82) is 0 Å². The summed E-state index contributed by atoms with van der Waals surface area (Å²) in [7, 11) is 0. The molecule has 0 amide bonds. The molecule has 2 heterocycles. The molecule has 19 heavy (non-hydrogen) atoms. The minimum Gasteiger partial charge on any atom is -0.330 e. The minimum atomic E-state index is -0.282. The number of benzene rings is 1. The highest BCUT2D eigenvalue weighted by Crippen LogP contribution is 2.24. The molecule has 5 heteroatoms. The summed E-state index contributed by atoms with van der Waals surface area (Å²) in [5.74, 6) is 0.555. The van der Waals surface area contributed by atoms with E-state index in [9.17, 15) is 4.39 Å². The predicted molar refractivity (Wildman–Crippen MR) is 71.1 cm³/mol. The van der Waals surface area contributed by atoms with Crippen molar-refractivity contribution in [2.24, 2.45) is 5.73 Å². The fourth-order valence-corrected chi connectivity index (χ4v) is 2.12. The van der Waals surface area contributed by atoms with Gasteiger partial charge in [-0.05, 0) is 24.7 Å². The second-order valence-corrected chi connectivity index (χ2v) is 4.24. The van der Waals surface area contributed by atoms with Gasteiger partial charge in [0, 0.05) is 24.4 Å². The van der Waals surface area contributed by atoms with Crippen molar-refractivity contribution >= 4 is 5.65 Å². The maximum atomic E-state index is 13.3. The first kappa shape index (κ1) is 11.8. The van der Waals surface area contributed by atoms with Gasteiger partial charge < -0.3 is 5.73 Å². The molecule has 0 unspecified atom stereocenters. The van der Waals surface area contributed by atoms with Crippen molar-refractivity contribution in [2.75, 3.05) is 6.54 Å². The molecular weight excluding hydrogens is 243 g/mol. The number of rotatable bonds is 3. The third-order valence-electron chi connectivity index (χ3n) is 2.94. The van der Waals surface area contributed by atoms with Crippen LogP contribution in [0.5, 0.6) is 0 Å². The number of hydrogen-bond donors (Lipinski definition) is 1. The van der Waals surface area contributed by atoms with Crippen molar-refractivity contribution in [3.8, 4) is 11.3 Å². The third kappa shape index (κ3) is 2.08. The Morgan fingerprint density at radius 1 is 1.26 bits per heavy atom. The Labute approximate surface area is 109 Å². The van der Waals surface area contributed by atoms with E-state index in [1.807, 2.05) is 22.7 Å². The van der Waals surface area contributed by atoms with Crippen LogP contribution in [-0.2, 0) is 6.42 Å². The number of aromatic nitrogens is 3. The standard InChI is InChI=1S/C14H13FN4/c15-11-4-1-3-10(9-11)13-14-17-7-2-8-19(14)12(18-13)5-6-16/h1-4,7-9H,5-6,16H2. The first-order chi connectivity index (χ1) is 9.29. The topological polar surface area (TPSA) is 56.2 Å². The quantitative estimate of drug-likeness (QED) is 0.780. The molecule has 0 spiro atoms. The van der Waals surface area contributed by atoms with E-state index in [-0.39, 0.29) is 5.82 Å². The van der Waals surface area contributed by atoms with Gasteiger partial charge in [0.05, 0.1) is 0 Å². The van der Waals surface area contributed by atoms with Gasteiger partial charge in [-0.3, -0.25) is 4.40 Å². The van der Waals surface area contributed by atoms with E-state index in [0.29, 0.717) is 18.7 Å². The summed E-state index contributed by atoms with van der Waals surface area (Å²) in [5.41, 5.74) is 7.71. The first-order valence-electron chi connectivity index (χ1n) is 6.07. The van der Waals surface area contributed by atoms with E-state index >= 15 is 0 Å². The van der Waals surface area contributed by atoms with Crippen LogP contribution < -0.4 is 5.73 Å². The average Bonchev–Trinajstić information content (AvgIpc) is 2.79. The summed E-state index contributed by atoms with van der Waals surface area (Å²) in [6.45, 7) is 0.511. The summed E-state index contributed by atoms with van der Waals surface area (Å²) in [6.07, 6.45) is 4.25. The van der Waals surface area contributed by atoms with E-state index in [1.165, 1.54) is 12.1 Å². The zero-order chi connectivity index (χ0) is 13.2. The first-order valence-corrected chi connectivity index (χ1v) is 6.07. The maximum Gasteiger partial charge on any atom is 0.164 e. The number of hydrogen-bond acceptors (Lipinski definition) is 3. The lowest BCUT2D eigenvalue weighted by Gasteiger charge is -1.98. The molecule has 0 saturated carbocycles. The lowest BCUT2D eigenvalue weighted by Crippen LogP contribution is -2.06. The Hall–Kier alpha value is -2.27. The molecule has 0 atom stereocenters. The SMILES string of the molecule is NCCc1nc(-c2cccc(F)c2)c2ncccn12. The van der Waals surface area contributed by atoms with Gasteiger partial charge in [-0.25, -0.2) is 14.4 Å². The number of imidazole rings is 1. The Morgan fingerprint density at radius 2 is 2.16 bits per heavy atom. The minimum absolute atomic E-state index is 0.282. The summed E-state index contributed by atoms with van der Waals surface area (Å²) in [4.78, 5) is 8.87. The fraction of sp³-hybridized carbons (Fsp3) is 0.143. The van der Waals surface area contributed by atoms with Crippen LogP contribution in [0.3, 0.4) is 0 Å². The van der Waals surface area contributed by atoms with Crippen LogP contribution in [0, 0.1) is 5.82 Å². The largest absolute Gasteiger partial charge is 0.330 e. The Kier molecular flexibility index (Phi) is 2.97. The lowest BCUT2D eigenvalue weighted by atomic mass is 10.1. The molecule has 4 nitrogen and oxygen atoms in total. The number of nitrogens with two attached hydrogens (primary N) is 1. The van der Waals surface area contributed by atoms with Gasteiger partial charge in [0.15, 0.2) is 5.65 Å². The molecular formula is C14H13FN4. The van der Waals surface area contributed by atoms with Crippen LogP contribution >= 0.6 is 0 Å². The number of halogens is 1. The van der Waals surface area contributed by atoms with E-state index < -0.39 is 0 Å². The van der Waals surface area contributed by atoms with Crippen molar-refractivity contribution in [1.82, 2.24) is 14.4 Å². The van der Waals surface area contributed by atoms with Gasteiger partial charge in [0.25, 0.3) is 0 Å². The van der Waals surface area contributed by atoms with Crippen LogP contribution in [0.15, 0.2) is 42.7 Å². The molecule has 3 rings (SSSR count). The van der Waals surface area contributed by atoms with Crippen molar-refractivity contribution < 1.29 is 4.39 Å². The number of fused-ring (bicyclic) bond motifs is 1. The molecule has 3 aromatic rings. The van der Waals surface area contributed by atoms with Gasteiger partial charge >= 0.3 is 0 Å². The van der Waals surface area contributed by atoms with Crippen LogP contribution in [0.2, 0.25) is 0 Å².